The Morgan fingerprint density at radius 1 is 1.35 bits per heavy atom. The molecule has 2 atom stereocenters. The van der Waals surface area contributed by atoms with Crippen LogP contribution < -0.4 is 0 Å². The zero-order chi connectivity index (χ0) is 11.9. The van der Waals surface area contributed by atoms with Crippen molar-refractivity contribution in [3.8, 4) is 6.07 Å². The summed E-state index contributed by atoms with van der Waals surface area (Å²) < 4.78 is 5.21. The number of rotatable bonds is 1. The van der Waals surface area contributed by atoms with Crippen molar-refractivity contribution in [3.63, 3.8) is 0 Å². The number of likely N-dealkylation sites (tertiary alicyclic amines) is 1. The largest absolute Gasteiger partial charge is 0.380 e. The molecule has 4 nitrogen and oxygen atoms in total. The van der Waals surface area contributed by atoms with Crippen LogP contribution in [0.15, 0.2) is 0 Å². The molecule has 2 heterocycles. The van der Waals surface area contributed by atoms with Crippen LogP contribution in [0.2, 0.25) is 0 Å². The number of nitrogens with zero attached hydrogens (tertiary/aromatic N) is 2. The van der Waals surface area contributed by atoms with Crippen LogP contribution >= 0.6 is 0 Å². The first-order valence-electron chi connectivity index (χ1n) is 6.49. The average molecular weight is 234 g/mol. The minimum absolute atomic E-state index is 0.0972. The third kappa shape index (κ3) is 1.83. The minimum Gasteiger partial charge on any atom is -0.380 e. The Balaban J connectivity index is 1.54. The van der Waals surface area contributed by atoms with Crippen molar-refractivity contribution in [2.75, 3.05) is 26.3 Å². The topological polar surface area (TPSA) is 53.3 Å². The van der Waals surface area contributed by atoms with Crippen molar-refractivity contribution in [2.24, 2.45) is 17.3 Å². The van der Waals surface area contributed by atoms with Gasteiger partial charge in [0.25, 0.3) is 0 Å². The van der Waals surface area contributed by atoms with Gasteiger partial charge in [-0.15, -0.1) is 0 Å². The maximum Gasteiger partial charge on any atom is 0.225 e. The van der Waals surface area contributed by atoms with Crippen LogP contribution in [0.3, 0.4) is 0 Å². The monoisotopic (exact) mass is 234 g/mol. The Hall–Kier alpha value is -1.08. The molecule has 2 unspecified atom stereocenters. The van der Waals surface area contributed by atoms with Gasteiger partial charge in [0.15, 0.2) is 0 Å². The number of ether oxygens (including phenoxy) is 1. The lowest BCUT2D eigenvalue weighted by molar-refractivity contribution is -0.198. The van der Waals surface area contributed by atoms with Crippen molar-refractivity contribution >= 4 is 5.91 Å². The minimum atomic E-state index is 0.0972. The fourth-order valence-electron chi connectivity index (χ4n) is 3.28. The summed E-state index contributed by atoms with van der Waals surface area (Å²) in [6.07, 6.45) is 3.74. The van der Waals surface area contributed by atoms with E-state index < -0.39 is 0 Å². The lowest BCUT2D eigenvalue weighted by Gasteiger charge is -2.55. The van der Waals surface area contributed by atoms with Gasteiger partial charge in [0.05, 0.1) is 24.7 Å². The third-order valence-corrected chi connectivity index (χ3v) is 4.39. The lowest BCUT2D eigenvalue weighted by Crippen LogP contribution is -2.67. The number of nitriles is 1. The molecule has 2 aliphatic heterocycles. The summed E-state index contributed by atoms with van der Waals surface area (Å²) in [5.41, 5.74) is 0.305. The number of carbonyl (C=O) groups excluding carboxylic acids is 1. The average Bonchev–Trinajstić information content (AvgIpc) is 2.25. The van der Waals surface area contributed by atoms with Gasteiger partial charge in [-0.2, -0.15) is 5.26 Å². The predicted octanol–water partition coefficient (Wildman–Crippen LogP) is 1.18. The zero-order valence-electron chi connectivity index (χ0n) is 10.0. The summed E-state index contributed by atoms with van der Waals surface area (Å²) in [6.45, 7) is 3.39. The number of carbonyl (C=O) groups is 1. The highest BCUT2D eigenvalue weighted by atomic mass is 16.5. The summed E-state index contributed by atoms with van der Waals surface area (Å²) in [4.78, 5) is 14.2. The van der Waals surface area contributed by atoms with E-state index in [4.69, 9.17) is 10.00 Å². The molecule has 1 saturated carbocycles. The van der Waals surface area contributed by atoms with Gasteiger partial charge in [-0.25, -0.2) is 0 Å². The van der Waals surface area contributed by atoms with Gasteiger partial charge in [0, 0.05) is 24.9 Å². The van der Waals surface area contributed by atoms with Crippen LogP contribution in [0.4, 0.5) is 0 Å². The molecule has 0 aromatic heterocycles. The SMILES string of the molecule is N#CC1CCCC(C(=O)N2CC3(COC3)C2)C1. The summed E-state index contributed by atoms with van der Waals surface area (Å²) in [5, 5.41) is 8.94. The van der Waals surface area contributed by atoms with Crippen molar-refractivity contribution in [2.45, 2.75) is 25.7 Å². The number of amides is 1. The third-order valence-electron chi connectivity index (χ3n) is 4.39. The lowest BCUT2D eigenvalue weighted by atomic mass is 9.75. The van der Waals surface area contributed by atoms with Gasteiger partial charge in [0.2, 0.25) is 5.91 Å². The van der Waals surface area contributed by atoms with Crippen LogP contribution in [0, 0.1) is 28.6 Å². The smallest absolute Gasteiger partial charge is 0.225 e. The van der Waals surface area contributed by atoms with Crippen LogP contribution in [-0.4, -0.2) is 37.1 Å². The van der Waals surface area contributed by atoms with Gasteiger partial charge in [-0.1, -0.05) is 6.42 Å². The number of hydrogen-bond acceptors (Lipinski definition) is 3. The Kier molecular flexibility index (Phi) is 2.59. The molecule has 3 fully saturated rings. The standard InChI is InChI=1S/C13H18N2O2/c14-5-10-2-1-3-11(4-10)12(16)15-6-13(7-15)8-17-9-13/h10-11H,1-4,6-9H2. The van der Waals surface area contributed by atoms with E-state index in [2.05, 4.69) is 6.07 Å². The fourth-order valence-corrected chi connectivity index (χ4v) is 3.28. The van der Waals surface area contributed by atoms with Gasteiger partial charge in [0.1, 0.15) is 0 Å². The molecule has 1 aliphatic carbocycles. The van der Waals surface area contributed by atoms with E-state index in [1.165, 1.54) is 0 Å². The zero-order valence-corrected chi connectivity index (χ0v) is 10.0. The highest BCUT2D eigenvalue weighted by molar-refractivity contribution is 5.80. The molecule has 0 radical (unpaired) electrons. The van der Waals surface area contributed by atoms with Crippen LogP contribution in [-0.2, 0) is 9.53 Å². The Morgan fingerprint density at radius 2 is 2.12 bits per heavy atom. The number of hydrogen-bond donors (Lipinski definition) is 0. The Morgan fingerprint density at radius 3 is 2.71 bits per heavy atom. The Labute approximate surface area is 102 Å². The molecule has 1 spiro atoms. The van der Waals surface area contributed by atoms with Crippen molar-refractivity contribution in [3.05, 3.63) is 0 Å². The molecule has 0 aromatic rings. The van der Waals surface area contributed by atoms with E-state index in [0.717, 1.165) is 52.0 Å². The van der Waals surface area contributed by atoms with E-state index in [0.29, 0.717) is 5.41 Å². The molecule has 0 aromatic carbocycles. The summed E-state index contributed by atoms with van der Waals surface area (Å²) in [7, 11) is 0. The van der Waals surface area contributed by atoms with E-state index in [9.17, 15) is 4.79 Å². The molecular formula is C13H18N2O2. The summed E-state index contributed by atoms with van der Waals surface area (Å²) >= 11 is 0. The second kappa shape index (κ2) is 3.99. The second-order valence-electron chi connectivity index (χ2n) is 5.88. The molecule has 17 heavy (non-hydrogen) atoms. The molecule has 0 N–H and O–H groups in total. The molecule has 4 heteroatoms. The first-order chi connectivity index (χ1) is 8.22. The molecule has 3 rings (SSSR count). The quantitative estimate of drug-likeness (QED) is 0.684. The molecule has 92 valence electrons. The van der Waals surface area contributed by atoms with E-state index >= 15 is 0 Å². The second-order valence-corrected chi connectivity index (χ2v) is 5.88. The molecular weight excluding hydrogens is 216 g/mol. The molecule has 2 saturated heterocycles. The van der Waals surface area contributed by atoms with Crippen molar-refractivity contribution in [1.29, 1.82) is 5.26 Å². The van der Waals surface area contributed by atoms with Crippen molar-refractivity contribution < 1.29 is 9.53 Å². The van der Waals surface area contributed by atoms with Crippen LogP contribution in [0.5, 0.6) is 0 Å². The maximum absolute atomic E-state index is 12.2. The summed E-state index contributed by atoms with van der Waals surface area (Å²) in [5.74, 6) is 0.481. The molecule has 0 bridgehead atoms. The van der Waals surface area contributed by atoms with Gasteiger partial charge in [-0.3, -0.25) is 4.79 Å². The van der Waals surface area contributed by atoms with Gasteiger partial charge in [-0.05, 0) is 19.3 Å². The van der Waals surface area contributed by atoms with E-state index in [1.807, 2.05) is 4.90 Å². The van der Waals surface area contributed by atoms with Crippen LogP contribution in [0.25, 0.3) is 0 Å². The maximum atomic E-state index is 12.2. The fraction of sp³-hybridized carbons (Fsp3) is 0.846. The normalized spacial score (nSPS) is 34.6. The Bertz CT molecular complexity index is 362. The van der Waals surface area contributed by atoms with Gasteiger partial charge < -0.3 is 9.64 Å². The highest BCUT2D eigenvalue weighted by Crippen LogP contribution is 2.40. The summed E-state index contributed by atoms with van der Waals surface area (Å²) in [6, 6.07) is 2.31. The van der Waals surface area contributed by atoms with Crippen molar-refractivity contribution in [1.82, 2.24) is 4.90 Å². The first kappa shape index (κ1) is 11.0. The van der Waals surface area contributed by atoms with Gasteiger partial charge >= 0.3 is 0 Å². The molecule has 3 aliphatic rings. The van der Waals surface area contributed by atoms with E-state index in [1.54, 1.807) is 0 Å². The van der Waals surface area contributed by atoms with E-state index in [-0.39, 0.29) is 17.7 Å². The molecule has 1 amide bonds. The first-order valence-corrected chi connectivity index (χ1v) is 6.49. The van der Waals surface area contributed by atoms with Crippen LogP contribution in [0.1, 0.15) is 25.7 Å². The highest BCUT2D eigenvalue weighted by Gasteiger charge is 2.51. The predicted molar refractivity (Wildman–Crippen MR) is 60.9 cm³/mol.